The molecule has 128 valence electrons. The Labute approximate surface area is 133 Å². The summed E-state index contributed by atoms with van der Waals surface area (Å²) in [5, 5.41) is 11.9. The molecular formula is C16H30N2O4. The molecule has 0 aliphatic heterocycles. The number of nitrogens with one attached hydrogen (secondary N) is 1. The fourth-order valence-corrected chi connectivity index (χ4v) is 2.88. The molecule has 6 heteroatoms. The predicted octanol–water partition coefficient (Wildman–Crippen LogP) is 1.49. The number of carboxylic acid groups (broad SMARTS) is 1. The van der Waals surface area contributed by atoms with Crippen molar-refractivity contribution in [3.8, 4) is 0 Å². The average molecular weight is 314 g/mol. The second kappa shape index (κ2) is 9.79. The molecule has 0 saturated heterocycles. The average Bonchev–Trinajstić information content (AvgIpc) is 2.46. The summed E-state index contributed by atoms with van der Waals surface area (Å²) in [5.41, 5.74) is 0. The van der Waals surface area contributed by atoms with Crippen LogP contribution in [0.15, 0.2) is 0 Å². The number of hydrogen-bond acceptors (Lipinski definition) is 4. The first-order valence-electron chi connectivity index (χ1n) is 8.24. The fraction of sp³-hybridized carbons (Fsp3) is 0.875. The molecule has 3 atom stereocenters. The lowest BCUT2D eigenvalue weighted by Gasteiger charge is -2.31. The lowest BCUT2D eigenvalue weighted by atomic mass is 9.88. The molecule has 1 fully saturated rings. The van der Waals surface area contributed by atoms with Gasteiger partial charge in [0.05, 0.1) is 12.7 Å². The highest BCUT2D eigenvalue weighted by Gasteiger charge is 2.23. The van der Waals surface area contributed by atoms with Crippen molar-refractivity contribution in [2.75, 3.05) is 26.2 Å². The van der Waals surface area contributed by atoms with Crippen molar-refractivity contribution in [2.24, 2.45) is 5.92 Å². The highest BCUT2D eigenvalue weighted by atomic mass is 16.5. The quantitative estimate of drug-likeness (QED) is 0.674. The Morgan fingerprint density at radius 1 is 1.32 bits per heavy atom. The molecule has 0 radical (unpaired) electrons. The highest BCUT2D eigenvalue weighted by molar-refractivity contribution is 5.73. The number of carboxylic acids is 1. The van der Waals surface area contributed by atoms with E-state index in [1.165, 1.54) is 26.2 Å². The number of rotatable bonds is 9. The molecule has 0 spiro atoms. The number of carbonyl (C=O) groups excluding carboxylic acids is 1. The van der Waals surface area contributed by atoms with Crippen molar-refractivity contribution in [2.45, 2.75) is 58.6 Å². The SMILES string of the molecule is CC(=O)NCCN(CCOC1CCCCC1C)C(C)C(=O)O. The van der Waals surface area contributed by atoms with Crippen molar-refractivity contribution in [3.63, 3.8) is 0 Å². The molecular weight excluding hydrogens is 284 g/mol. The summed E-state index contributed by atoms with van der Waals surface area (Å²) in [4.78, 5) is 23.9. The molecule has 0 heterocycles. The standard InChI is InChI=1S/C16H30N2O4/c1-12-6-4-5-7-15(12)22-11-10-18(13(2)16(20)21)9-8-17-14(3)19/h12-13,15H,4-11H2,1-3H3,(H,17,19)(H,20,21). The third-order valence-electron chi connectivity index (χ3n) is 4.42. The van der Waals surface area contributed by atoms with Gasteiger partial charge in [-0.25, -0.2) is 0 Å². The summed E-state index contributed by atoms with van der Waals surface area (Å²) >= 11 is 0. The van der Waals surface area contributed by atoms with Gasteiger partial charge in [-0.3, -0.25) is 14.5 Å². The van der Waals surface area contributed by atoms with Crippen molar-refractivity contribution in [1.82, 2.24) is 10.2 Å². The van der Waals surface area contributed by atoms with Crippen LogP contribution in [0.25, 0.3) is 0 Å². The first-order valence-corrected chi connectivity index (χ1v) is 8.24. The molecule has 1 aliphatic rings. The molecule has 0 bridgehead atoms. The Hall–Kier alpha value is -1.14. The van der Waals surface area contributed by atoms with E-state index >= 15 is 0 Å². The minimum atomic E-state index is -0.853. The summed E-state index contributed by atoms with van der Waals surface area (Å²) < 4.78 is 5.96. The summed E-state index contributed by atoms with van der Waals surface area (Å²) in [6.45, 7) is 7.41. The van der Waals surface area contributed by atoms with Gasteiger partial charge in [-0.15, -0.1) is 0 Å². The van der Waals surface area contributed by atoms with Gasteiger partial charge in [0.15, 0.2) is 0 Å². The fourth-order valence-electron chi connectivity index (χ4n) is 2.88. The topological polar surface area (TPSA) is 78.9 Å². The Balaban J connectivity index is 2.38. The van der Waals surface area contributed by atoms with E-state index in [-0.39, 0.29) is 5.91 Å². The highest BCUT2D eigenvalue weighted by Crippen LogP contribution is 2.26. The van der Waals surface area contributed by atoms with Crippen LogP contribution < -0.4 is 5.32 Å². The Kier molecular flexibility index (Phi) is 8.42. The van der Waals surface area contributed by atoms with E-state index in [2.05, 4.69) is 12.2 Å². The molecule has 1 rings (SSSR count). The van der Waals surface area contributed by atoms with Gasteiger partial charge >= 0.3 is 5.97 Å². The molecule has 0 aromatic carbocycles. The van der Waals surface area contributed by atoms with Crippen LogP contribution in [0.5, 0.6) is 0 Å². The number of hydrogen-bond donors (Lipinski definition) is 2. The molecule has 6 nitrogen and oxygen atoms in total. The van der Waals surface area contributed by atoms with Crippen LogP contribution in [-0.2, 0) is 14.3 Å². The number of aliphatic carboxylic acids is 1. The van der Waals surface area contributed by atoms with E-state index in [0.29, 0.717) is 38.3 Å². The zero-order valence-electron chi connectivity index (χ0n) is 14.0. The molecule has 1 aliphatic carbocycles. The third kappa shape index (κ3) is 6.75. The van der Waals surface area contributed by atoms with Crippen molar-refractivity contribution >= 4 is 11.9 Å². The van der Waals surface area contributed by atoms with E-state index in [9.17, 15) is 14.7 Å². The predicted molar refractivity (Wildman–Crippen MR) is 84.7 cm³/mol. The first-order chi connectivity index (χ1) is 10.4. The largest absolute Gasteiger partial charge is 0.480 e. The van der Waals surface area contributed by atoms with Gasteiger partial charge in [0, 0.05) is 26.6 Å². The molecule has 22 heavy (non-hydrogen) atoms. The van der Waals surface area contributed by atoms with E-state index in [0.717, 1.165) is 6.42 Å². The van der Waals surface area contributed by atoms with Gasteiger partial charge in [-0.2, -0.15) is 0 Å². The zero-order valence-corrected chi connectivity index (χ0v) is 14.0. The maximum absolute atomic E-state index is 11.2. The molecule has 0 aromatic heterocycles. The molecule has 1 saturated carbocycles. The van der Waals surface area contributed by atoms with Crippen LogP contribution in [0, 0.1) is 5.92 Å². The minimum absolute atomic E-state index is 0.102. The van der Waals surface area contributed by atoms with E-state index in [1.807, 2.05) is 4.90 Å². The zero-order chi connectivity index (χ0) is 16.5. The van der Waals surface area contributed by atoms with Gasteiger partial charge in [-0.05, 0) is 25.7 Å². The maximum Gasteiger partial charge on any atom is 0.320 e. The molecule has 0 aromatic rings. The third-order valence-corrected chi connectivity index (χ3v) is 4.42. The van der Waals surface area contributed by atoms with Crippen LogP contribution in [0.1, 0.15) is 46.5 Å². The van der Waals surface area contributed by atoms with Gasteiger partial charge in [0.25, 0.3) is 0 Å². The van der Waals surface area contributed by atoms with Gasteiger partial charge in [0.2, 0.25) is 5.91 Å². The Morgan fingerprint density at radius 2 is 2.00 bits per heavy atom. The number of ether oxygens (including phenoxy) is 1. The minimum Gasteiger partial charge on any atom is -0.480 e. The van der Waals surface area contributed by atoms with Crippen LogP contribution in [0.4, 0.5) is 0 Å². The van der Waals surface area contributed by atoms with Gasteiger partial charge in [0.1, 0.15) is 6.04 Å². The molecule has 2 N–H and O–H groups in total. The number of carbonyl (C=O) groups is 2. The lowest BCUT2D eigenvalue weighted by molar-refractivity contribution is -0.143. The van der Waals surface area contributed by atoms with Crippen LogP contribution >= 0.6 is 0 Å². The van der Waals surface area contributed by atoms with Crippen molar-refractivity contribution in [3.05, 3.63) is 0 Å². The second-order valence-electron chi connectivity index (χ2n) is 6.20. The molecule has 1 amide bonds. The summed E-state index contributed by atoms with van der Waals surface area (Å²) in [6, 6.07) is -0.582. The van der Waals surface area contributed by atoms with Crippen molar-refractivity contribution < 1.29 is 19.4 Å². The van der Waals surface area contributed by atoms with Crippen molar-refractivity contribution in [1.29, 1.82) is 0 Å². The molecule has 3 unspecified atom stereocenters. The van der Waals surface area contributed by atoms with Crippen LogP contribution in [0.3, 0.4) is 0 Å². The monoisotopic (exact) mass is 314 g/mol. The summed E-state index contributed by atoms with van der Waals surface area (Å²) in [5.74, 6) is -0.373. The number of nitrogens with zero attached hydrogens (tertiary/aromatic N) is 1. The summed E-state index contributed by atoms with van der Waals surface area (Å²) in [7, 11) is 0. The van der Waals surface area contributed by atoms with Crippen LogP contribution in [-0.4, -0.2) is 60.3 Å². The van der Waals surface area contributed by atoms with Gasteiger partial charge < -0.3 is 15.2 Å². The lowest BCUT2D eigenvalue weighted by Crippen LogP contribution is -2.45. The summed E-state index contributed by atoms with van der Waals surface area (Å²) in [6.07, 6.45) is 5.10. The van der Waals surface area contributed by atoms with E-state index in [4.69, 9.17) is 4.74 Å². The maximum atomic E-state index is 11.2. The van der Waals surface area contributed by atoms with E-state index < -0.39 is 12.0 Å². The first kappa shape index (κ1) is 18.9. The van der Waals surface area contributed by atoms with E-state index in [1.54, 1.807) is 6.92 Å². The van der Waals surface area contributed by atoms with Gasteiger partial charge in [-0.1, -0.05) is 19.8 Å². The van der Waals surface area contributed by atoms with Crippen LogP contribution in [0.2, 0.25) is 0 Å². The number of amides is 1. The Bertz CT molecular complexity index is 362. The Morgan fingerprint density at radius 3 is 2.59 bits per heavy atom. The second-order valence-corrected chi connectivity index (χ2v) is 6.20. The normalized spacial score (nSPS) is 23.3. The smallest absolute Gasteiger partial charge is 0.320 e.